The van der Waals surface area contributed by atoms with E-state index in [4.69, 9.17) is 17.1 Å². The highest BCUT2D eigenvalue weighted by molar-refractivity contribution is 5.99. The molecule has 7 nitrogen and oxygen atoms in total. The summed E-state index contributed by atoms with van der Waals surface area (Å²) in [5, 5.41) is 14.7. The van der Waals surface area contributed by atoms with Crippen LogP contribution in [0, 0.1) is 11.3 Å². The first-order chi connectivity index (χ1) is 7.69. The number of nitrogens with two attached hydrogens (primary N) is 2. The second-order valence-electron chi connectivity index (χ2n) is 3.93. The molecule has 0 aromatic heterocycles. The summed E-state index contributed by atoms with van der Waals surface area (Å²) in [4.78, 5) is 3.36. The molecule has 0 aliphatic carbocycles. The summed E-state index contributed by atoms with van der Waals surface area (Å²) >= 11 is 0. The SMILES string of the molecule is CC1CCN(C(=N)N(C=NN)C=NN)CC1. The Morgan fingerprint density at radius 1 is 1.31 bits per heavy atom. The van der Waals surface area contributed by atoms with E-state index in [-0.39, 0.29) is 0 Å². The third-order valence-electron chi connectivity index (χ3n) is 2.71. The zero-order valence-corrected chi connectivity index (χ0v) is 9.50. The van der Waals surface area contributed by atoms with Gasteiger partial charge in [0.25, 0.3) is 0 Å². The lowest BCUT2D eigenvalue weighted by atomic mass is 9.99. The summed E-state index contributed by atoms with van der Waals surface area (Å²) in [6, 6.07) is 0. The number of hydrogen-bond acceptors (Lipinski definition) is 5. The van der Waals surface area contributed by atoms with Gasteiger partial charge in [-0.15, -0.1) is 0 Å². The van der Waals surface area contributed by atoms with Gasteiger partial charge in [0.1, 0.15) is 12.7 Å². The first-order valence-electron chi connectivity index (χ1n) is 5.27. The maximum absolute atomic E-state index is 7.97. The van der Waals surface area contributed by atoms with Crippen molar-refractivity contribution in [3.05, 3.63) is 0 Å². The Bertz CT molecular complexity index is 266. The number of hydrogen-bond donors (Lipinski definition) is 3. The summed E-state index contributed by atoms with van der Waals surface area (Å²) in [6.07, 6.45) is 4.82. The van der Waals surface area contributed by atoms with Crippen molar-refractivity contribution in [3.63, 3.8) is 0 Å². The van der Waals surface area contributed by atoms with E-state index >= 15 is 0 Å². The number of nitrogens with zero attached hydrogens (tertiary/aromatic N) is 4. The molecule has 1 saturated heterocycles. The standard InChI is InChI=1S/C9H19N7/c1-8-2-4-15(5-3-8)9(10)16(6-13-11)7-14-12/h6-8,10H,2-5,11-12H2,1H3. The van der Waals surface area contributed by atoms with Gasteiger partial charge >= 0.3 is 0 Å². The molecule has 0 amide bonds. The minimum atomic E-state index is 0.301. The first-order valence-corrected chi connectivity index (χ1v) is 5.27. The molecule has 1 heterocycles. The van der Waals surface area contributed by atoms with Crippen LogP contribution in [0.3, 0.4) is 0 Å². The van der Waals surface area contributed by atoms with Crippen molar-refractivity contribution in [2.45, 2.75) is 19.8 Å². The summed E-state index contributed by atoms with van der Waals surface area (Å²) < 4.78 is 0. The van der Waals surface area contributed by atoms with E-state index in [9.17, 15) is 0 Å². The van der Waals surface area contributed by atoms with Crippen molar-refractivity contribution in [3.8, 4) is 0 Å². The van der Waals surface area contributed by atoms with Crippen LogP contribution in [0.1, 0.15) is 19.8 Å². The maximum Gasteiger partial charge on any atom is 0.204 e. The molecule has 1 aliphatic rings. The zero-order valence-electron chi connectivity index (χ0n) is 9.50. The van der Waals surface area contributed by atoms with Crippen molar-refractivity contribution in [2.75, 3.05) is 13.1 Å². The van der Waals surface area contributed by atoms with Gasteiger partial charge in [-0.05, 0) is 18.8 Å². The van der Waals surface area contributed by atoms with Gasteiger partial charge in [0.05, 0.1) is 0 Å². The third-order valence-corrected chi connectivity index (χ3v) is 2.71. The Morgan fingerprint density at radius 3 is 2.25 bits per heavy atom. The largest absolute Gasteiger partial charge is 0.342 e. The van der Waals surface area contributed by atoms with E-state index in [1.807, 2.05) is 4.90 Å². The molecule has 1 fully saturated rings. The molecule has 16 heavy (non-hydrogen) atoms. The molecule has 7 heteroatoms. The zero-order chi connectivity index (χ0) is 12.0. The lowest BCUT2D eigenvalue weighted by Crippen LogP contribution is -2.46. The van der Waals surface area contributed by atoms with E-state index in [0.29, 0.717) is 5.96 Å². The highest BCUT2D eigenvalue weighted by Gasteiger charge is 2.20. The molecule has 0 radical (unpaired) electrons. The van der Waals surface area contributed by atoms with Gasteiger partial charge in [0, 0.05) is 13.1 Å². The number of guanidine groups is 1. The van der Waals surface area contributed by atoms with Gasteiger partial charge in [0.15, 0.2) is 0 Å². The molecule has 0 bridgehead atoms. The number of likely N-dealkylation sites (tertiary alicyclic amines) is 1. The van der Waals surface area contributed by atoms with Crippen LogP contribution in [0.25, 0.3) is 0 Å². The average molecular weight is 225 g/mol. The molecule has 5 N–H and O–H groups in total. The molecule has 0 atom stereocenters. The molecule has 90 valence electrons. The topological polar surface area (TPSA) is 107 Å². The summed E-state index contributed by atoms with van der Waals surface area (Å²) in [7, 11) is 0. The summed E-state index contributed by atoms with van der Waals surface area (Å²) in [5.74, 6) is 11.1. The van der Waals surface area contributed by atoms with Crippen LogP contribution in [0.5, 0.6) is 0 Å². The molecule has 1 rings (SSSR count). The summed E-state index contributed by atoms with van der Waals surface area (Å²) in [6.45, 7) is 3.96. The van der Waals surface area contributed by atoms with Crippen molar-refractivity contribution < 1.29 is 0 Å². The minimum absolute atomic E-state index is 0.301. The fraction of sp³-hybridized carbons (Fsp3) is 0.667. The Balaban J connectivity index is 2.60. The fourth-order valence-electron chi connectivity index (χ4n) is 1.67. The molecule has 1 aliphatic heterocycles. The predicted octanol–water partition coefficient (Wildman–Crippen LogP) is -0.241. The maximum atomic E-state index is 7.97. The molecule has 0 aromatic carbocycles. The lowest BCUT2D eigenvalue weighted by Gasteiger charge is -2.34. The fourth-order valence-corrected chi connectivity index (χ4v) is 1.67. The van der Waals surface area contributed by atoms with Gasteiger partial charge in [-0.1, -0.05) is 6.92 Å². The van der Waals surface area contributed by atoms with Crippen molar-refractivity contribution >= 4 is 18.6 Å². The van der Waals surface area contributed by atoms with Crippen molar-refractivity contribution in [1.29, 1.82) is 5.41 Å². The van der Waals surface area contributed by atoms with Gasteiger partial charge in [0.2, 0.25) is 5.96 Å². The van der Waals surface area contributed by atoms with Crippen LogP contribution in [0.2, 0.25) is 0 Å². The Hall–Kier alpha value is -1.79. The van der Waals surface area contributed by atoms with Gasteiger partial charge in [-0.3, -0.25) is 10.3 Å². The van der Waals surface area contributed by atoms with Gasteiger partial charge in [-0.2, -0.15) is 10.2 Å². The van der Waals surface area contributed by atoms with E-state index in [1.165, 1.54) is 17.6 Å². The van der Waals surface area contributed by atoms with Crippen LogP contribution in [-0.4, -0.2) is 41.5 Å². The number of piperidine rings is 1. The monoisotopic (exact) mass is 225 g/mol. The second kappa shape index (κ2) is 5.94. The van der Waals surface area contributed by atoms with Crippen LogP contribution in [0.4, 0.5) is 0 Å². The average Bonchev–Trinajstić information content (AvgIpc) is 2.29. The van der Waals surface area contributed by atoms with Crippen LogP contribution in [-0.2, 0) is 0 Å². The molecule has 0 spiro atoms. The quantitative estimate of drug-likeness (QED) is 0.261. The Morgan fingerprint density at radius 2 is 1.81 bits per heavy atom. The van der Waals surface area contributed by atoms with E-state index in [2.05, 4.69) is 17.1 Å². The van der Waals surface area contributed by atoms with Crippen LogP contribution in [0.15, 0.2) is 10.2 Å². The van der Waals surface area contributed by atoms with Gasteiger partial charge < -0.3 is 16.6 Å². The molecule has 0 saturated carbocycles. The van der Waals surface area contributed by atoms with E-state index in [0.717, 1.165) is 31.8 Å². The molecule has 0 aromatic rings. The third kappa shape index (κ3) is 3.11. The second-order valence-corrected chi connectivity index (χ2v) is 3.93. The van der Waals surface area contributed by atoms with Crippen molar-refractivity contribution in [1.82, 2.24) is 9.80 Å². The normalized spacial score (nSPS) is 18.4. The van der Waals surface area contributed by atoms with E-state index in [1.54, 1.807) is 0 Å². The predicted molar refractivity (Wildman–Crippen MR) is 64.9 cm³/mol. The minimum Gasteiger partial charge on any atom is -0.342 e. The Kier molecular flexibility index (Phi) is 4.56. The van der Waals surface area contributed by atoms with E-state index < -0.39 is 0 Å². The lowest BCUT2D eigenvalue weighted by molar-refractivity contribution is 0.268. The highest BCUT2D eigenvalue weighted by atomic mass is 15.4. The smallest absolute Gasteiger partial charge is 0.204 e. The molecular weight excluding hydrogens is 206 g/mol. The number of hydrazone groups is 2. The van der Waals surface area contributed by atoms with Crippen molar-refractivity contribution in [2.24, 2.45) is 27.8 Å². The summed E-state index contributed by atoms with van der Waals surface area (Å²) in [5.41, 5.74) is 0. The highest BCUT2D eigenvalue weighted by Crippen LogP contribution is 2.16. The van der Waals surface area contributed by atoms with Crippen LogP contribution >= 0.6 is 0 Å². The Labute approximate surface area is 95.3 Å². The number of nitrogens with one attached hydrogen (secondary N) is 1. The molecular formula is C9H19N7. The van der Waals surface area contributed by atoms with Gasteiger partial charge in [-0.25, -0.2) is 0 Å². The first kappa shape index (κ1) is 12.3. The molecule has 0 unspecified atom stereocenters. The number of rotatable bonds is 2. The van der Waals surface area contributed by atoms with Crippen LogP contribution < -0.4 is 11.7 Å².